The van der Waals surface area contributed by atoms with E-state index < -0.39 is 11.2 Å². The third kappa shape index (κ3) is 2.89. The van der Waals surface area contributed by atoms with Crippen LogP contribution in [0.4, 0.5) is 5.82 Å². The minimum atomic E-state index is -0.635. The van der Waals surface area contributed by atoms with Crippen LogP contribution in [-0.2, 0) is 4.79 Å². The lowest BCUT2D eigenvalue weighted by Crippen LogP contribution is -2.24. The van der Waals surface area contributed by atoms with Crippen LogP contribution in [0.25, 0.3) is 0 Å². The quantitative estimate of drug-likeness (QED) is 0.626. The van der Waals surface area contributed by atoms with Crippen LogP contribution in [-0.4, -0.2) is 15.9 Å². The molecule has 0 bridgehead atoms. The second-order valence-corrected chi connectivity index (χ2v) is 2.80. The molecule has 0 aliphatic rings. The summed E-state index contributed by atoms with van der Waals surface area (Å²) in [6.45, 7) is 1.86. The van der Waals surface area contributed by atoms with Crippen molar-refractivity contribution in [3.05, 3.63) is 26.9 Å². The molecule has 0 saturated heterocycles. The second-order valence-electron chi connectivity index (χ2n) is 2.80. The zero-order chi connectivity index (χ0) is 10.6. The van der Waals surface area contributed by atoms with Crippen LogP contribution < -0.4 is 16.6 Å². The molecule has 6 heteroatoms. The van der Waals surface area contributed by atoms with Gasteiger partial charge in [0.1, 0.15) is 5.82 Å². The number of aromatic nitrogens is 2. The van der Waals surface area contributed by atoms with E-state index in [4.69, 9.17) is 0 Å². The molecule has 1 aromatic heterocycles. The molecule has 0 fully saturated rings. The van der Waals surface area contributed by atoms with Crippen molar-refractivity contribution in [2.75, 3.05) is 5.32 Å². The first-order valence-electron chi connectivity index (χ1n) is 4.25. The lowest BCUT2D eigenvalue weighted by molar-refractivity contribution is -0.116. The van der Waals surface area contributed by atoms with Gasteiger partial charge in [0, 0.05) is 12.5 Å². The SMILES string of the molecule is CCCC(=O)Nc1cc(=O)[nH]c(=O)[nH]1. The minimum absolute atomic E-state index is 0.122. The Balaban J connectivity index is 2.82. The summed E-state index contributed by atoms with van der Waals surface area (Å²) in [6.07, 6.45) is 1.06. The Morgan fingerprint density at radius 2 is 2.14 bits per heavy atom. The summed E-state index contributed by atoms with van der Waals surface area (Å²) in [6, 6.07) is 1.12. The van der Waals surface area contributed by atoms with Gasteiger partial charge in [-0.05, 0) is 6.42 Å². The lowest BCUT2D eigenvalue weighted by atomic mass is 10.3. The van der Waals surface area contributed by atoms with Gasteiger partial charge in [-0.2, -0.15) is 0 Å². The van der Waals surface area contributed by atoms with Crippen molar-refractivity contribution in [2.45, 2.75) is 19.8 Å². The van der Waals surface area contributed by atoms with Crippen molar-refractivity contribution in [2.24, 2.45) is 0 Å². The van der Waals surface area contributed by atoms with Crippen molar-refractivity contribution < 1.29 is 4.79 Å². The van der Waals surface area contributed by atoms with Gasteiger partial charge in [0.15, 0.2) is 0 Å². The first-order valence-corrected chi connectivity index (χ1v) is 4.25. The Labute approximate surface area is 79.4 Å². The molecule has 0 saturated carbocycles. The number of aromatic amines is 2. The molecule has 3 N–H and O–H groups in total. The number of rotatable bonds is 3. The van der Waals surface area contributed by atoms with E-state index in [-0.39, 0.29) is 11.7 Å². The van der Waals surface area contributed by atoms with Gasteiger partial charge in [0.05, 0.1) is 0 Å². The number of hydrogen-bond donors (Lipinski definition) is 3. The number of nitrogens with one attached hydrogen (secondary N) is 3. The van der Waals surface area contributed by atoms with Gasteiger partial charge in [0.2, 0.25) is 5.91 Å². The van der Waals surface area contributed by atoms with Crippen LogP contribution in [0.2, 0.25) is 0 Å². The van der Waals surface area contributed by atoms with Crippen LogP contribution in [0.3, 0.4) is 0 Å². The van der Waals surface area contributed by atoms with Gasteiger partial charge < -0.3 is 5.32 Å². The minimum Gasteiger partial charge on any atom is -0.312 e. The summed E-state index contributed by atoms with van der Waals surface area (Å²) in [5.41, 5.74) is -1.18. The van der Waals surface area contributed by atoms with Crippen molar-refractivity contribution in [3.8, 4) is 0 Å². The predicted octanol–water partition coefficient (Wildman–Crippen LogP) is -0.198. The first kappa shape index (κ1) is 10.2. The number of carbonyl (C=O) groups excluding carboxylic acids is 1. The van der Waals surface area contributed by atoms with Crippen LogP contribution in [0, 0.1) is 0 Å². The summed E-state index contributed by atoms with van der Waals surface area (Å²) in [5.74, 6) is -0.106. The van der Waals surface area contributed by atoms with Crippen LogP contribution in [0.1, 0.15) is 19.8 Å². The monoisotopic (exact) mass is 197 g/mol. The van der Waals surface area contributed by atoms with E-state index in [0.717, 1.165) is 6.07 Å². The third-order valence-corrected chi connectivity index (χ3v) is 1.51. The van der Waals surface area contributed by atoms with Gasteiger partial charge in [-0.3, -0.25) is 19.6 Å². The summed E-state index contributed by atoms with van der Waals surface area (Å²) in [7, 11) is 0. The van der Waals surface area contributed by atoms with Crippen LogP contribution >= 0.6 is 0 Å². The zero-order valence-corrected chi connectivity index (χ0v) is 7.72. The maximum absolute atomic E-state index is 11.1. The molecular weight excluding hydrogens is 186 g/mol. The van der Waals surface area contributed by atoms with Crippen LogP contribution in [0.15, 0.2) is 15.7 Å². The van der Waals surface area contributed by atoms with E-state index in [2.05, 4.69) is 10.3 Å². The van der Waals surface area contributed by atoms with E-state index in [0.29, 0.717) is 12.8 Å². The standard InChI is InChI=1S/C8H11N3O3/c1-2-3-6(12)9-5-4-7(13)11-8(14)10-5/h4H,2-3H2,1H3,(H3,9,10,11,12,13,14). The molecule has 76 valence electrons. The topological polar surface area (TPSA) is 94.8 Å². The molecular formula is C8H11N3O3. The Morgan fingerprint density at radius 3 is 2.71 bits per heavy atom. The largest absolute Gasteiger partial charge is 0.327 e. The van der Waals surface area contributed by atoms with E-state index in [1.807, 2.05) is 11.9 Å². The normalized spacial score (nSPS) is 9.79. The smallest absolute Gasteiger partial charge is 0.312 e. The summed E-state index contributed by atoms with van der Waals surface area (Å²) < 4.78 is 0. The summed E-state index contributed by atoms with van der Waals surface area (Å²) >= 11 is 0. The summed E-state index contributed by atoms with van der Waals surface area (Å²) in [5, 5.41) is 2.41. The number of anilines is 1. The average molecular weight is 197 g/mol. The molecule has 1 rings (SSSR count). The van der Waals surface area contributed by atoms with Crippen molar-refractivity contribution in [1.82, 2.24) is 9.97 Å². The number of carbonyl (C=O) groups is 1. The van der Waals surface area contributed by atoms with Gasteiger partial charge in [-0.25, -0.2) is 4.79 Å². The van der Waals surface area contributed by atoms with E-state index in [1.165, 1.54) is 0 Å². The fourth-order valence-electron chi connectivity index (χ4n) is 0.976. The molecule has 1 aromatic rings. The Kier molecular flexibility index (Phi) is 3.22. The maximum atomic E-state index is 11.1. The number of amides is 1. The highest BCUT2D eigenvalue weighted by molar-refractivity contribution is 5.89. The molecule has 6 nitrogen and oxygen atoms in total. The Hall–Kier alpha value is -1.85. The van der Waals surface area contributed by atoms with Gasteiger partial charge in [0.25, 0.3) is 5.56 Å². The lowest BCUT2D eigenvalue weighted by Gasteiger charge is -2.01. The summed E-state index contributed by atoms with van der Waals surface area (Å²) in [4.78, 5) is 37.0. The molecule has 0 aliphatic carbocycles. The van der Waals surface area contributed by atoms with E-state index in [1.54, 1.807) is 0 Å². The maximum Gasteiger partial charge on any atom is 0.327 e. The fourth-order valence-corrected chi connectivity index (χ4v) is 0.976. The third-order valence-electron chi connectivity index (χ3n) is 1.51. The molecule has 14 heavy (non-hydrogen) atoms. The molecule has 1 amide bonds. The van der Waals surface area contributed by atoms with Gasteiger partial charge >= 0.3 is 5.69 Å². The fraction of sp³-hybridized carbons (Fsp3) is 0.375. The van der Waals surface area contributed by atoms with Gasteiger partial charge in [-0.1, -0.05) is 6.92 Å². The highest BCUT2D eigenvalue weighted by atomic mass is 16.2. The molecule has 0 radical (unpaired) electrons. The zero-order valence-electron chi connectivity index (χ0n) is 7.72. The second kappa shape index (κ2) is 4.40. The molecule has 0 spiro atoms. The number of hydrogen-bond acceptors (Lipinski definition) is 3. The van der Waals surface area contributed by atoms with Crippen molar-refractivity contribution >= 4 is 11.7 Å². The molecule has 1 heterocycles. The molecule has 0 aromatic carbocycles. The Morgan fingerprint density at radius 1 is 1.43 bits per heavy atom. The van der Waals surface area contributed by atoms with E-state index in [9.17, 15) is 14.4 Å². The first-order chi connectivity index (χ1) is 6.61. The average Bonchev–Trinajstić information content (AvgIpc) is 2.01. The Bertz CT molecular complexity index is 404. The predicted molar refractivity (Wildman–Crippen MR) is 51.2 cm³/mol. The molecule has 0 atom stereocenters. The highest BCUT2D eigenvalue weighted by Crippen LogP contribution is 1.96. The van der Waals surface area contributed by atoms with Crippen LogP contribution in [0.5, 0.6) is 0 Å². The highest BCUT2D eigenvalue weighted by Gasteiger charge is 2.01. The van der Waals surface area contributed by atoms with Crippen molar-refractivity contribution in [3.63, 3.8) is 0 Å². The molecule has 0 aliphatic heterocycles. The molecule has 0 unspecified atom stereocenters. The van der Waals surface area contributed by atoms with Gasteiger partial charge in [-0.15, -0.1) is 0 Å². The number of H-pyrrole nitrogens is 2. The van der Waals surface area contributed by atoms with Crippen molar-refractivity contribution in [1.29, 1.82) is 0 Å². The van der Waals surface area contributed by atoms with E-state index >= 15 is 0 Å².